The molecule has 3 heterocycles. The first-order valence-corrected chi connectivity index (χ1v) is 6.12. The van der Waals surface area contributed by atoms with E-state index in [0.717, 1.165) is 31.6 Å². The fraction of sp³-hybridized carbons (Fsp3) is 0.538. The van der Waals surface area contributed by atoms with Gasteiger partial charge in [0, 0.05) is 32.0 Å². The average Bonchev–Trinajstić information content (AvgIpc) is 2.66. The van der Waals surface area contributed by atoms with Gasteiger partial charge in [-0.1, -0.05) is 0 Å². The standard InChI is InChI=1S/C13H16N2O3/c1-15-7-5-13(6-8-15)11-9(12(16)18-13)3-4-10(14-11)17-2/h3-4H,5-8H2,1-2H3. The van der Waals surface area contributed by atoms with Gasteiger partial charge >= 0.3 is 5.97 Å². The number of methoxy groups -OCH3 is 1. The number of piperidine rings is 1. The van der Waals surface area contributed by atoms with Gasteiger partial charge in [0.15, 0.2) is 5.60 Å². The summed E-state index contributed by atoms with van der Waals surface area (Å²) < 4.78 is 10.8. The van der Waals surface area contributed by atoms with Crippen molar-refractivity contribution in [3.05, 3.63) is 23.4 Å². The highest BCUT2D eigenvalue weighted by Crippen LogP contribution is 2.43. The first kappa shape index (κ1) is 11.5. The average molecular weight is 248 g/mol. The lowest BCUT2D eigenvalue weighted by atomic mass is 9.87. The zero-order valence-corrected chi connectivity index (χ0v) is 10.6. The van der Waals surface area contributed by atoms with Crippen molar-refractivity contribution >= 4 is 5.97 Å². The van der Waals surface area contributed by atoms with Crippen molar-refractivity contribution in [1.82, 2.24) is 9.88 Å². The maximum absolute atomic E-state index is 11.9. The Morgan fingerprint density at radius 1 is 1.39 bits per heavy atom. The largest absolute Gasteiger partial charge is 0.481 e. The molecule has 0 N–H and O–H groups in total. The van der Waals surface area contributed by atoms with Gasteiger partial charge in [0.25, 0.3) is 0 Å². The highest BCUT2D eigenvalue weighted by Gasteiger charge is 2.48. The number of aromatic nitrogens is 1. The van der Waals surface area contributed by atoms with Crippen molar-refractivity contribution in [2.75, 3.05) is 27.2 Å². The molecule has 0 atom stereocenters. The number of fused-ring (bicyclic) bond motifs is 2. The Labute approximate surface area is 106 Å². The van der Waals surface area contributed by atoms with Crippen molar-refractivity contribution in [2.45, 2.75) is 18.4 Å². The number of ether oxygens (including phenoxy) is 2. The third-order valence-electron chi connectivity index (χ3n) is 3.81. The third-order valence-corrected chi connectivity index (χ3v) is 3.81. The van der Waals surface area contributed by atoms with E-state index in [1.165, 1.54) is 0 Å². The normalized spacial score (nSPS) is 21.8. The molecule has 0 saturated carbocycles. The molecule has 1 fully saturated rings. The molecule has 18 heavy (non-hydrogen) atoms. The summed E-state index contributed by atoms with van der Waals surface area (Å²) in [6.45, 7) is 1.82. The van der Waals surface area contributed by atoms with E-state index in [4.69, 9.17) is 9.47 Å². The molecule has 1 aromatic heterocycles. The summed E-state index contributed by atoms with van der Waals surface area (Å²) in [6, 6.07) is 3.45. The quantitative estimate of drug-likeness (QED) is 0.698. The highest BCUT2D eigenvalue weighted by molar-refractivity contribution is 5.94. The number of carbonyl (C=O) groups excluding carboxylic acids is 1. The minimum atomic E-state index is -0.534. The Hall–Kier alpha value is -1.62. The van der Waals surface area contributed by atoms with Crippen LogP contribution in [-0.2, 0) is 10.3 Å². The summed E-state index contributed by atoms with van der Waals surface area (Å²) in [7, 11) is 3.65. The Kier molecular flexibility index (Phi) is 2.52. The predicted octanol–water partition coefficient (Wildman–Crippen LogP) is 1.18. The van der Waals surface area contributed by atoms with Crippen molar-refractivity contribution in [1.29, 1.82) is 0 Å². The van der Waals surface area contributed by atoms with Crippen LogP contribution in [0.25, 0.3) is 0 Å². The predicted molar refractivity (Wildman–Crippen MR) is 64.6 cm³/mol. The Bertz CT molecular complexity index is 493. The van der Waals surface area contributed by atoms with Gasteiger partial charge in [0.05, 0.1) is 12.7 Å². The number of likely N-dealkylation sites (tertiary alicyclic amines) is 1. The van der Waals surface area contributed by atoms with E-state index in [-0.39, 0.29) is 5.97 Å². The molecular weight excluding hydrogens is 232 g/mol. The van der Waals surface area contributed by atoms with E-state index in [1.54, 1.807) is 19.2 Å². The van der Waals surface area contributed by atoms with E-state index in [2.05, 4.69) is 16.9 Å². The second-order valence-corrected chi connectivity index (χ2v) is 4.94. The van der Waals surface area contributed by atoms with Crippen molar-refractivity contribution < 1.29 is 14.3 Å². The lowest BCUT2D eigenvalue weighted by Gasteiger charge is -2.36. The van der Waals surface area contributed by atoms with E-state index in [1.807, 2.05) is 0 Å². The summed E-state index contributed by atoms with van der Waals surface area (Å²) in [5, 5.41) is 0. The maximum Gasteiger partial charge on any atom is 0.341 e. The Morgan fingerprint density at radius 3 is 2.78 bits per heavy atom. The van der Waals surface area contributed by atoms with Crippen LogP contribution in [0.1, 0.15) is 28.9 Å². The minimum absolute atomic E-state index is 0.260. The molecule has 0 unspecified atom stereocenters. The van der Waals surface area contributed by atoms with Crippen molar-refractivity contribution in [3.63, 3.8) is 0 Å². The van der Waals surface area contributed by atoms with Crippen LogP contribution in [0.5, 0.6) is 5.88 Å². The van der Waals surface area contributed by atoms with Crippen molar-refractivity contribution in [3.8, 4) is 5.88 Å². The van der Waals surface area contributed by atoms with Gasteiger partial charge in [-0.2, -0.15) is 0 Å². The van der Waals surface area contributed by atoms with Gasteiger partial charge in [-0.15, -0.1) is 0 Å². The van der Waals surface area contributed by atoms with Gasteiger partial charge in [0.2, 0.25) is 5.88 Å². The van der Waals surface area contributed by atoms with Crippen LogP contribution in [-0.4, -0.2) is 43.1 Å². The molecule has 5 heteroatoms. The van der Waals surface area contributed by atoms with Crippen LogP contribution in [0, 0.1) is 0 Å². The molecule has 0 bridgehead atoms. The van der Waals surface area contributed by atoms with Gasteiger partial charge < -0.3 is 14.4 Å². The zero-order valence-electron chi connectivity index (χ0n) is 10.6. The Balaban J connectivity index is 2.04. The monoisotopic (exact) mass is 248 g/mol. The maximum atomic E-state index is 11.9. The number of hydrogen-bond acceptors (Lipinski definition) is 5. The molecule has 2 aliphatic rings. The highest BCUT2D eigenvalue weighted by atomic mass is 16.6. The molecule has 2 aliphatic heterocycles. The first-order valence-electron chi connectivity index (χ1n) is 6.12. The molecule has 0 amide bonds. The smallest absolute Gasteiger partial charge is 0.341 e. The molecule has 5 nitrogen and oxygen atoms in total. The number of esters is 1. The third kappa shape index (κ3) is 1.58. The van der Waals surface area contributed by atoms with Gasteiger partial charge in [0.1, 0.15) is 5.69 Å². The number of pyridine rings is 1. The van der Waals surface area contributed by atoms with E-state index in [0.29, 0.717) is 11.4 Å². The molecule has 1 spiro atoms. The second kappa shape index (κ2) is 3.95. The first-order chi connectivity index (χ1) is 8.64. The Morgan fingerprint density at radius 2 is 2.11 bits per heavy atom. The summed E-state index contributed by atoms with van der Waals surface area (Å²) in [6.07, 6.45) is 1.59. The molecule has 0 aliphatic carbocycles. The van der Waals surface area contributed by atoms with Crippen molar-refractivity contribution in [2.24, 2.45) is 0 Å². The number of nitrogens with zero attached hydrogens (tertiary/aromatic N) is 2. The molecule has 96 valence electrons. The lowest BCUT2D eigenvalue weighted by molar-refractivity contribution is -0.0415. The molecule has 3 rings (SSSR count). The fourth-order valence-electron chi connectivity index (χ4n) is 2.67. The van der Waals surface area contributed by atoms with Crippen LogP contribution in [0.15, 0.2) is 12.1 Å². The van der Waals surface area contributed by atoms with Gasteiger partial charge in [-0.3, -0.25) is 0 Å². The van der Waals surface area contributed by atoms with Gasteiger partial charge in [-0.25, -0.2) is 9.78 Å². The van der Waals surface area contributed by atoms with E-state index < -0.39 is 5.60 Å². The van der Waals surface area contributed by atoms with Crippen LogP contribution in [0.3, 0.4) is 0 Å². The number of carbonyl (C=O) groups is 1. The van der Waals surface area contributed by atoms with Crippen LogP contribution in [0.4, 0.5) is 0 Å². The van der Waals surface area contributed by atoms with Crippen LogP contribution >= 0.6 is 0 Å². The number of rotatable bonds is 1. The summed E-state index contributed by atoms with van der Waals surface area (Å²) >= 11 is 0. The fourth-order valence-corrected chi connectivity index (χ4v) is 2.67. The molecule has 1 saturated heterocycles. The second-order valence-electron chi connectivity index (χ2n) is 4.94. The van der Waals surface area contributed by atoms with E-state index >= 15 is 0 Å². The lowest BCUT2D eigenvalue weighted by Crippen LogP contribution is -2.41. The van der Waals surface area contributed by atoms with Crippen LogP contribution < -0.4 is 4.74 Å². The summed E-state index contributed by atoms with van der Waals surface area (Å²) in [5.74, 6) is 0.273. The SMILES string of the molecule is COc1ccc2c(n1)C1(CCN(C)CC1)OC2=O. The van der Waals surface area contributed by atoms with Gasteiger partial charge in [-0.05, 0) is 13.1 Å². The summed E-state index contributed by atoms with van der Waals surface area (Å²) in [5.41, 5.74) is 0.799. The molecule has 0 aromatic carbocycles. The molecule has 0 radical (unpaired) electrons. The zero-order chi connectivity index (χ0) is 12.8. The molecular formula is C13H16N2O3. The van der Waals surface area contributed by atoms with Crippen LogP contribution in [0.2, 0.25) is 0 Å². The minimum Gasteiger partial charge on any atom is -0.481 e. The topological polar surface area (TPSA) is 51.7 Å². The van der Waals surface area contributed by atoms with E-state index in [9.17, 15) is 4.79 Å². The summed E-state index contributed by atoms with van der Waals surface area (Å²) in [4.78, 5) is 18.6. The number of hydrogen-bond donors (Lipinski definition) is 0. The molecule has 1 aromatic rings.